The van der Waals surface area contributed by atoms with Crippen molar-refractivity contribution in [2.75, 3.05) is 20.1 Å². The molecule has 1 aliphatic carbocycles. The molecule has 3 aromatic rings. The van der Waals surface area contributed by atoms with Crippen LogP contribution in [0.4, 0.5) is 0 Å². The molecule has 1 unspecified atom stereocenters. The fourth-order valence-electron chi connectivity index (χ4n) is 5.51. The Morgan fingerprint density at radius 3 is 2.41 bits per heavy atom. The number of aliphatic hydroxyl groups excluding tert-OH is 1. The Morgan fingerprint density at radius 2 is 1.76 bits per heavy atom. The molecular formula is C32H39N3O5S. The minimum absolute atomic E-state index is 0.00692. The lowest BCUT2D eigenvalue weighted by Gasteiger charge is -2.31. The van der Waals surface area contributed by atoms with Gasteiger partial charge in [-0.2, -0.15) is 4.31 Å². The number of pyridine rings is 1. The predicted octanol–water partition coefficient (Wildman–Crippen LogP) is 4.39. The Bertz CT molecular complexity index is 1510. The topological polar surface area (TPSA) is 120 Å². The Kier molecular flexibility index (Phi) is 9.44. The Morgan fingerprint density at radius 1 is 1.12 bits per heavy atom. The number of likely N-dealkylation sites (N-methyl/N-ethyl adjacent to an activating group) is 1. The second kappa shape index (κ2) is 12.7. The third kappa shape index (κ3) is 7.68. The lowest BCUT2D eigenvalue weighted by molar-refractivity contribution is -0.132. The van der Waals surface area contributed by atoms with E-state index in [2.05, 4.69) is 48.4 Å². The summed E-state index contributed by atoms with van der Waals surface area (Å²) in [4.78, 5) is 15.5. The van der Waals surface area contributed by atoms with Crippen LogP contribution in [0.2, 0.25) is 0 Å². The van der Waals surface area contributed by atoms with Gasteiger partial charge >= 0.3 is 5.97 Å². The number of benzene rings is 2. The van der Waals surface area contributed by atoms with Gasteiger partial charge in [0.15, 0.2) is 0 Å². The summed E-state index contributed by atoms with van der Waals surface area (Å²) < 4.78 is 28.0. The van der Waals surface area contributed by atoms with E-state index in [1.807, 2.05) is 0 Å². The lowest BCUT2D eigenvalue weighted by atomic mass is 9.88. The molecule has 0 radical (unpaired) electrons. The van der Waals surface area contributed by atoms with E-state index in [0.717, 1.165) is 23.6 Å². The van der Waals surface area contributed by atoms with Crippen molar-refractivity contribution < 1.29 is 23.4 Å². The zero-order chi connectivity index (χ0) is 29.8. The van der Waals surface area contributed by atoms with E-state index >= 15 is 0 Å². The quantitative estimate of drug-likeness (QED) is 0.273. The van der Waals surface area contributed by atoms with Crippen LogP contribution >= 0.6 is 0 Å². The monoisotopic (exact) mass is 577 g/mol. The van der Waals surface area contributed by atoms with Gasteiger partial charge in [-0.1, -0.05) is 48.5 Å². The maximum Gasteiger partial charge on any atom is 0.331 e. The van der Waals surface area contributed by atoms with Gasteiger partial charge in [-0.3, -0.25) is 4.98 Å². The smallest absolute Gasteiger partial charge is 0.331 e. The average molecular weight is 578 g/mol. The first kappa shape index (κ1) is 30.6. The maximum atomic E-state index is 13.4. The number of hydrogen-bond acceptors (Lipinski definition) is 6. The number of rotatable bonds is 12. The second-order valence-corrected chi connectivity index (χ2v) is 13.6. The average Bonchev–Trinajstić information content (AvgIpc) is 3.34. The Hall–Kier alpha value is -3.37. The van der Waals surface area contributed by atoms with Crippen LogP contribution in [0.3, 0.4) is 0 Å². The van der Waals surface area contributed by atoms with E-state index in [1.165, 1.54) is 37.4 Å². The second-order valence-electron chi connectivity index (χ2n) is 11.6. The lowest BCUT2D eigenvalue weighted by Crippen LogP contribution is -2.47. The number of carboxylic acids is 1. The molecule has 3 N–H and O–H groups in total. The van der Waals surface area contributed by atoms with E-state index in [-0.39, 0.29) is 29.1 Å². The standard InChI is InChI=1S/C32H39N3O5S/c1-22(31(37)38)13-26-11-7-8-12-30(26)27-16-29(20-33-18-27)41(39,40)35(4)21-28(36)19-34-32(2,3)17-23-14-24-9-5-6-10-25(24)15-23/h5-13,16,18,20,23,28,34,36H,14-15,17,19,21H2,1-4H3,(H,37,38). The van der Waals surface area contributed by atoms with Gasteiger partial charge in [-0.05, 0) is 80.3 Å². The van der Waals surface area contributed by atoms with Gasteiger partial charge < -0.3 is 15.5 Å². The van der Waals surface area contributed by atoms with E-state index in [9.17, 15) is 23.4 Å². The Balaban J connectivity index is 1.39. The highest BCUT2D eigenvalue weighted by atomic mass is 32.2. The number of sulfonamides is 1. The first-order chi connectivity index (χ1) is 19.4. The number of aromatic nitrogens is 1. The number of nitrogens with one attached hydrogen (secondary N) is 1. The van der Waals surface area contributed by atoms with Crippen molar-refractivity contribution in [1.82, 2.24) is 14.6 Å². The number of nitrogens with zero attached hydrogens (tertiary/aromatic N) is 2. The van der Waals surface area contributed by atoms with Crippen molar-refractivity contribution in [3.8, 4) is 11.1 Å². The van der Waals surface area contributed by atoms with E-state index in [4.69, 9.17) is 0 Å². The van der Waals surface area contributed by atoms with Crippen molar-refractivity contribution in [2.45, 2.75) is 56.6 Å². The zero-order valence-electron chi connectivity index (χ0n) is 24.0. The van der Waals surface area contributed by atoms with Crippen LogP contribution in [-0.4, -0.2) is 65.7 Å². The molecule has 0 bridgehead atoms. The molecule has 0 saturated carbocycles. The van der Waals surface area contributed by atoms with Gasteiger partial charge in [0, 0.05) is 49.2 Å². The van der Waals surface area contributed by atoms with Crippen LogP contribution in [0.5, 0.6) is 0 Å². The summed E-state index contributed by atoms with van der Waals surface area (Å²) in [6.45, 7) is 5.91. The normalized spacial score (nSPS) is 15.2. The van der Waals surface area contributed by atoms with Crippen molar-refractivity contribution in [2.24, 2.45) is 5.92 Å². The van der Waals surface area contributed by atoms with Gasteiger partial charge in [-0.15, -0.1) is 0 Å². The third-order valence-electron chi connectivity index (χ3n) is 7.62. The molecule has 0 saturated heterocycles. The molecule has 9 heteroatoms. The van der Waals surface area contributed by atoms with Gasteiger partial charge in [0.2, 0.25) is 10.0 Å². The van der Waals surface area contributed by atoms with E-state index < -0.39 is 22.1 Å². The van der Waals surface area contributed by atoms with Crippen LogP contribution in [0, 0.1) is 5.92 Å². The van der Waals surface area contributed by atoms with E-state index in [0.29, 0.717) is 22.6 Å². The molecule has 0 fully saturated rings. The first-order valence-electron chi connectivity index (χ1n) is 13.8. The molecule has 41 heavy (non-hydrogen) atoms. The largest absolute Gasteiger partial charge is 0.478 e. The van der Waals surface area contributed by atoms with Crippen LogP contribution in [0.15, 0.2) is 77.5 Å². The van der Waals surface area contributed by atoms with Crippen LogP contribution in [-0.2, 0) is 27.7 Å². The number of fused-ring (bicyclic) bond motifs is 1. The van der Waals surface area contributed by atoms with Crippen molar-refractivity contribution in [1.29, 1.82) is 0 Å². The Labute approximate surface area is 242 Å². The van der Waals surface area contributed by atoms with Crippen LogP contribution in [0.25, 0.3) is 17.2 Å². The number of aliphatic hydroxyl groups is 1. The number of β-amino-alcohol motifs (C(OH)–C–C–N with tert-alkyl or cyclic N) is 1. The highest BCUT2D eigenvalue weighted by molar-refractivity contribution is 7.89. The number of hydrogen-bond donors (Lipinski definition) is 3. The zero-order valence-corrected chi connectivity index (χ0v) is 24.9. The van der Waals surface area contributed by atoms with E-state index in [1.54, 1.807) is 36.5 Å². The summed E-state index contributed by atoms with van der Waals surface area (Å²) in [6.07, 6.45) is 6.52. The van der Waals surface area contributed by atoms with Crippen molar-refractivity contribution >= 4 is 22.1 Å². The highest BCUT2D eigenvalue weighted by Gasteiger charge is 2.29. The van der Waals surface area contributed by atoms with Gasteiger partial charge in [0.25, 0.3) is 0 Å². The van der Waals surface area contributed by atoms with Crippen molar-refractivity contribution in [3.05, 3.63) is 89.3 Å². The van der Waals surface area contributed by atoms with Gasteiger partial charge in [-0.25, -0.2) is 13.2 Å². The summed E-state index contributed by atoms with van der Waals surface area (Å²) in [6, 6.07) is 17.2. The maximum absolute atomic E-state index is 13.4. The molecule has 0 spiro atoms. The summed E-state index contributed by atoms with van der Waals surface area (Å²) in [7, 11) is -2.50. The van der Waals surface area contributed by atoms with Gasteiger partial charge in [0.05, 0.1) is 6.10 Å². The van der Waals surface area contributed by atoms with Gasteiger partial charge in [0.1, 0.15) is 4.90 Å². The molecular weight excluding hydrogens is 538 g/mol. The molecule has 8 nitrogen and oxygen atoms in total. The molecule has 2 aromatic carbocycles. The summed E-state index contributed by atoms with van der Waals surface area (Å²) in [5, 5.41) is 23.5. The minimum Gasteiger partial charge on any atom is -0.478 e. The molecule has 0 aliphatic heterocycles. The molecule has 218 valence electrons. The molecule has 1 atom stereocenters. The molecule has 1 aliphatic rings. The minimum atomic E-state index is -3.94. The molecule has 4 rings (SSSR count). The third-order valence-corrected chi connectivity index (χ3v) is 9.41. The van der Waals surface area contributed by atoms with Crippen LogP contribution in [0.1, 0.15) is 43.9 Å². The summed E-state index contributed by atoms with van der Waals surface area (Å²) >= 11 is 0. The molecule has 1 aromatic heterocycles. The first-order valence-corrected chi connectivity index (χ1v) is 15.2. The summed E-state index contributed by atoms with van der Waals surface area (Å²) in [5.41, 5.74) is 4.61. The number of carbonyl (C=O) groups is 1. The fourth-order valence-corrected chi connectivity index (χ4v) is 6.71. The summed E-state index contributed by atoms with van der Waals surface area (Å²) in [5.74, 6) is -0.500. The number of aliphatic carboxylic acids is 1. The SMILES string of the molecule is CC(=Cc1ccccc1-c1cncc(S(=O)(=O)N(C)CC(O)CNC(C)(C)CC2Cc3ccccc3C2)c1)C(=O)O. The molecule has 0 amide bonds. The molecule has 1 heterocycles. The highest BCUT2D eigenvalue weighted by Crippen LogP contribution is 2.32. The predicted molar refractivity (Wildman–Crippen MR) is 161 cm³/mol. The van der Waals surface area contributed by atoms with Crippen LogP contribution < -0.4 is 5.32 Å². The fraction of sp³-hybridized carbons (Fsp3) is 0.375. The number of carboxylic acid groups (broad SMARTS) is 1. The van der Waals surface area contributed by atoms with Crippen molar-refractivity contribution in [3.63, 3.8) is 0 Å².